The number of aryl methyl sites for hydroxylation is 2. The molecule has 0 aromatic heterocycles. The first-order chi connectivity index (χ1) is 6.80. The van der Waals surface area contributed by atoms with Gasteiger partial charge in [0.2, 0.25) is 0 Å². The quantitative estimate of drug-likeness (QED) is 0.656. The molecule has 1 heteroatoms. The molecule has 0 bridgehead atoms. The lowest BCUT2D eigenvalue weighted by molar-refractivity contribution is 0.468. The second-order valence-electron chi connectivity index (χ2n) is 4.87. The fourth-order valence-electron chi connectivity index (χ4n) is 3.14. The second kappa shape index (κ2) is 2.83. The predicted octanol–water partition coefficient (Wildman–Crippen LogP) is 2.17. The molecule has 1 aliphatic carbocycles. The van der Waals surface area contributed by atoms with E-state index in [0.29, 0.717) is 5.41 Å². The van der Waals surface area contributed by atoms with E-state index in [4.69, 9.17) is 0 Å². The van der Waals surface area contributed by atoms with Gasteiger partial charge in [-0.3, -0.25) is 0 Å². The van der Waals surface area contributed by atoms with Gasteiger partial charge in [0.15, 0.2) is 0 Å². The van der Waals surface area contributed by atoms with Crippen LogP contribution in [0.2, 0.25) is 0 Å². The minimum absolute atomic E-state index is 0.503. The average molecular weight is 187 g/mol. The van der Waals surface area contributed by atoms with Gasteiger partial charge in [-0.25, -0.2) is 0 Å². The van der Waals surface area contributed by atoms with Gasteiger partial charge in [-0.1, -0.05) is 23.8 Å². The standard InChI is InChI=1S/C13H17N/c1-10-2-3-12-11(8-10)4-5-13(12)6-7-14-9-13/h2-3,8,14H,4-7,9H2,1H3. The van der Waals surface area contributed by atoms with Crippen LogP contribution in [0, 0.1) is 6.92 Å². The summed E-state index contributed by atoms with van der Waals surface area (Å²) in [6.45, 7) is 4.59. The first-order valence-electron chi connectivity index (χ1n) is 5.61. The summed E-state index contributed by atoms with van der Waals surface area (Å²) in [5.41, 5.74) is 5.15. The van der Waals surface area contributed by atoms with Crippen LogP contribution < -0.4 is 5.32 Å². The van der Waals surface area contributed by atoms with Crippen molar-refractivity contribution in [3.05, 3.63) is 34.9 Å². The zero-order valence-electron chi connectivity index (χ0n) is 8.77. The summed E-state index contributed by atoms with van der Waals surface area (Å²) in [7, 11) is 0. The van der Waals surface area contributed by atoms with Crippen molar-refractivity contribution in [2.45, 2.75) is 31.6 Å². The maximum absolute atomic E-state index is 3.51. The molecule has 0 amide bonds. The molecule has 0 radical (unpaired) electrons. The average Bonchev–Trinajstić information content (AvgIpc) is 2.77. The van der Waals surface area contributed by atoms with E-state index >= 15 is 0 Å². The number of rotatable bonds is 0. The van der Waals surface area contributed by atoms with Gasteiger partial charge in [-0.15, -0.1) is 0 Å². The molecule has 14 heavy (non-hydrogen) atoms. The third-order valence-electron chi connectivity index (χ3n) is 3.95. The van der Waals surface area contributed by atoms with Gasteiger partial charge >= 0.3 is 0 Å². The molecule has 1 heterocycles. The lowest BCUT2D eigenvalue weighted by atomic mass is 9.81. The monoisotopic (exact) mass is 187 g/mol. The summed E-state index contributed by atoms with van der Waals surface area (Å²) in [5.74, 6) is 0. The van der Waals surface area contributed by atoms with Gasteiger partial charge in [0.05, 0.1) is 0 Å². The fourth-order valence-corrected chi connectivity index (χ4v) is 3.14. The van der Waals surface area contributed by atoms with Crippen LogP contribution in [0.1, 0.15) is 29.5 Å². The Morgan fingerprint density at radius 2 is 2.21 bits per heavy atom. The lowest BCUT2D eigenvalue weighted by Crippen LogP contribution is -2.25. The van der Waals surface area contributed by atoms with Crippen molar-refractivity contribution in [1.29, 1.82) is 0 Å². The highest BCUT2D eigenvalue weighted by molar-refractivity contribution is 5.42. The van der Waals surface area contributed by atoms with Crippen LogP contribution in [0.25, 0.3) is 0 Å². The maximum atomic E-state index is 3.51. The Morgan fingerprint density at radius 3 is 3.00 bits per heavy atom. The number of fused-ring (bicyclic) bond motifs is 2. The summed E-state index contributed by atoms with van der Waals surface area (Å²) < 4.78 is 0. The van der Waals surface area contributed by atoms with Crippen molar-refractivity contribution in [2.75, 3.05) is 13.1 Å². The molecular formula is C13H17N. The van der Waals surface area contributed by atoms with E-state index < -0.39 is 0 Å². The van der Waals surface area contributed by atoms with Crippen LogP contribution in [0.5, 0.6) is 0 Å². The van der Waals surface area contributed by atoms with Crippen molar-refractivity contribution >= 4 is 0 Å². The Labute approximate surface area is 85.5 Å². The van der Waals surface area contributed by atoms with Gasteiger partial charge in [0.1, 0.15) is 0 Å². The summed E-state index contributed by atoms with van der Waals surface area (Å²) in [6.07, 6.45) is 3.99. The first kappa shape index (κ1) is 8.49. The minimum Gasteiger partial charge on any atom is -0.316 e. The molecule has 0 saturated carbocycles. The Balaban J connectivity index is 2.09. The highest BCUT2D eigenvalue weighted by atomic mass is 14.9. The van der Waals surface area contributed by atoms with Crippen molar-refractivity contribution in [1.82, 2.24) is 5.32 Å². The summed E-state index contributed by atoms with van der Waals surface area (Å²) >= 11 is 0. The highest BCUT2D eigenvalue weighted by Crippen LogP contribution is 2.43. The van der Waals surface area contributed by atoms with Crippen LogP contribution >= 0.6 is 0 Å². The molecule has 1 saturated heterocycles. The molecule has 1 aromatic rings. The van der Waals surface area contributed by atoms with Crippen molar-refractivity contribution in [3.8, 4) is 0 Å². The minimum atomic E-state index is 0.503. The van der Waals surface area contributed by atoms with Gasteiger partial charge < -0.3 is 5.32 Å². The van der Waals surface area contributed by atoms with E-state index in [9.17, 15) is 0 Å². The summed E-state index contributed by atoms with van der Waals surface area (Å²) in [4.78, 5) is 0. The molecule has 1 aromatic carbocycles. The molecule has 3 rings (SSSR count). The van der Waals surface area contributed by atoms with Crippen LogP contribution in [0.4, 0.5) is 0 Å². The van der Waals surface area contributed by atoms with Crippen LogP contribution in [-0.2, 0) is 11.8 Å². The molecule has 1 N–H and O–H groups in total. The predicted molar refractivity (Wildman–Crippen MR) is 58.7 cm³/mol. The maximum Gasteiger partial charge on any atom is 0.00957 e. The smallest absolute Gasteiger partial charge is 0.00957 e. The van der Waals surface area contributed by atoms with Crippen molar-refractivity contribution in [3.63, 3.8) is 0 Å². The molecule has 74 valence electrons. The van der Waals surface area contributed by atoms with Crippen LogP contribution in [-0.4, -0.2) is 13.1 Å². The molecular weight excluding hydrogens is 170 g/mol. The lowest BCUT2D eigenvalue weighted by Gasteiger charge is -2.23. The molecule has 2 aliphatic rings. The summed E-state index contributed by atoms with van der Waals surface area (Å²) in [6, 6.07) is 7.01. The fraction of sp³-hybridized carbons (Fsp3) is 0.538. The molecule has 1 nitrogen and oxygen atoms in total. The SMILES string of the molecule is Cc1ccc2c(c1)CCC21CCNC1. The number of nitrogens with one attached hydrogen (secondary N) is 1. The van der Waals surface area contributed by atoms with E-state index in [-0.39, 0.29) is 0 Å². The van der Waals surface area contributed by atoms with Gasteiger partial charge in [0, 0.05) is 12.0 Å². The Hall–Kier alpha value is -0.820. The summed E-state index contributed by atoms with van der Waals surface area (Å²) in [5, 5.41) is 3.51. The van der Waals surface area contributed by atoms with Gasteiger partial charge in [-0.2, -0.15) is 0 Å². The number of hydrogen-bond acceptors (Lipinski definition) is 1. The van der Waals surface area contributed by atoms with Crippen molar-refractivity contribution in [2.24, 2.45) is 0 Å². The number of benzene rings is 1. The van der Waals surface area contributed by atoms with E-state index in [1.807, 2.05) is 0 Å². The zero-order valence-corrected chi connectivity index (χ0v) is 8.77. The molecule has 1 atom stereocenters. The molecule has 1 fully saturated rings. The highest BCUT2D eigenvalue weighted by Gasteiger charge is 2.40. The van der Waals surface area contributed by atoms with E-state index in [0.717, 1.165) is 0 Å². The zero-order chi connectivity index (χ0) is 9.60. The topological polar surface area (TPSA) is 12.0 Å². The third-order valence-corrected chi connectivity index (χ3v) is 3.95. The van der Waals surface area contributed by atoms with Gasteiger partial charge in [0.25, 0.3) is 0 Å². The Morgan fingerprint density at radius 1 is 1.29 bits per heavy atom. The van der Waals surface area contributed by atoms with E-state index in [1.165, 1.54) is 37.9 Å². The third kappa shape index (κ3) is 1.05. The molecule has 1 aliphatic heterocycles. The second-order valence-corrected chi connectivity index (χ2v) is 4.87. The van der Waals surface area contributed by atoms with Crippen molar-refractivity contribution < 1.29 is 0 Å². The van der Waals surface area contributed by atoms with E-state index in [2.05, 4.69) is 30.4 Å². The van der Waals surface area contributed by atoms with Crippen LogP contribution in [0.3, 0.4) is 0 Å². The number of hydrogen-bond donors (Lipinski definition) is 1. The molecule has 1 spiro atoms. The van der Waals surface area contributed by atoms with E-state index in [1.54, 1.807) is 11.1 Å². The Bertz CT molecular complexity index is 361. The first-order valence-corrected chi connectivity index (χ1v) is 5.61. The normalized spacial score (nSPS) is 29.8. The van der Waals surface area contributed by atoms with Crippen LogP contribution in [0.15, 0.2) is 18.2 Å². The largest absolute Gasteiger partial charge is 0.316 e. The molecule has 1 unspecified atom stereocenters. The van der Waals surface area contributed by atoms with Gasteiger partial charge in [-0.05, 0) is 43.9 Å². The Kier molecular flexibility index (Phi) is 1.72.